The molecule has 0 aliphatic rings. The molecule has 0 aromatic rings. The second kappa shape index (κ2) is 38.5. The molecule has 0 saturated heterocycles. The summed E-state index contributed by atoms with van der Waals surface area (Å²) in [5, 5.41) is 13.8. The van der Waals surface area contributed by atoms with Crippen molar-refractivity contribution in [3.63, 3.8) is 0 Å². The van der Waals surface area contributed by atoms with E-state index in [0.29, 0.717) is 0 Å². The van der Waals surface area contributed by atoms with Crippen molar-refractivity contribution in [3.05, 3.63) is 0 Å². The Hall–Kier alpha value is -1.06. The van der Waals surface area contributed by atoms with Crippen LogP contribution in [0.4, 0.5) is 0 Å². The molecule has 0 saturated carbocycles. The maximum atomic E-state index is 8.36. The molecule has 0 radical (unpaired) electrons. The van der Waals surface area contributed by atoms with Crippen LogP contribution in [-0.4, -0.2) is 23.2 Å². The maximum Gasteiger partial charge on any atom is 0.290 e. The summed E-state index contributed by atoms with van der Waals surface area (Å²) < 4.78 is 0. The minimum absolute atomic E-state index is 0.250. The van der Waals surface area contributed by atoms with E-state index in [1.807, 2.05) is 0 Å². The Morgan fingerprint density at radius 1 is 1.00 bits per heavy atom. The van der Waals surface area contributed by atoms with E-state index in [4.69, 9.17) is 19.8 Å². The molecule has 2 N–H and O–H groups in total. The van der Waals surface area contributed by atoms with Crippen molar-refractivity contribution in [2.75, 3.05) is 0 Å². The van der Waals surface area contributed by atoms with Crippen LogP contribution in [0.5, 0.6) is 0 Å². The molecule has 4 nitrogen and oxygen atoms in total. The summed E-state index contributed by atoms with van der Waals surface area (Å²) >= 11 is 0. The van der Waals surface area contributed by atoms with Crippen LogP contribution in [0.2, 0.25) is 0 Å². The third-order valence-electron chi connectivity index (χ3n) is 0. The fourth-order valence-electron chi connectivity index (χ4n) is 0. The van der Waals surface area contributed by atoms with E-state index in [1.54, 1.807) is 0 Å². The highest BCUT2D eigenvalue weighted by atomic mass is 16.3. The lowest BCUT2D eigenvalue weighted by molar-refractivity contribution is -0.123. The predicted octanol–water partition coefficient (Wildman–Crippen LogP) is -0.598. The molecule has 4 heteroatoms. The lowest BCUT2D eigenvalue weighted by Crippen LogP contribution is -1.49. The molecule has 0 spiro atoms. The first-order valence-corrected chi connectivity index (χ1v) is 0.988. The molecule has 0 aliphatic heterocycles. The minimum atomic E-state index is -0.250. The standard InChI is InChI=1S/2CH2O2/c2*2-1-3/h2*1H,(H,2,3). The minimum Gasteiger partial charge on any atom is -0.483 e. The largest absolute Gasteiger partial charge is 0.483 e. The average Bonchev–Trinajstić information content (AvgIpc) is 1.39. The second-order valence-electron chi connectivity index (χ2n) is 0.211. The van der Waals surface area contributed by atoms with Crippen molar-refractivity contribution in [2.45, 2.75) is 0 Å². The molecule has 0 aromatic carbocycles. The molecule has 0 aliphatic carbocycles. The van der Waals surface area contributed by atoms with Gasteiger partial charge in [-0.1, -0.05) is 0 Å². The first kappa shape index (κ1) is 8.87. The number of carboxylic acid groups (broad SMARTS) is 2. The van der Waals surface area contributed by atoms with Gasteiger partial charge in [0.1, 0.15) is 0 Å². The third-order valence-corrected chi connectivity index (χ3v) is 0. The monoisotopic (exact) mass is 92.0 g/mol. The zero-order valence-electron chi connectivity index (χ0n) is 2.87. The number of carbonyl (C=O) groups is 2. The lowest BCUT2D eigenvalue weighted by atomic mass is 11.7. The van der Waals surface area contributed by atoms with E-state index in [0.717, 1.165) is 0 Å². The highest BCUT2D eigenvalue weighted by molar-refractivity contribution is 5.32. The van der Waals surface area contributed by atoms with Gasteiger partial charge >= 0.3 is 0 Å². The van der Waals surface area contributed by atoms with Crippen LogP contribution in [0.1, 0.15) is 0 Å². The van der Waals surface area contributed by atoms with Crippen molar-refractivity contribution in [1.82, 2.24) is 0 Å². The van der Waals surface area contributed by atoms with Gasteiger partial charge < -0.3 is 10.2 Å². The molecule has 0 aromatic heterocycles. The van der Waals surface area contributed by atoms with Crippen LogP contribution in [0, 0.1) is 0 Å². The Balaban J connectivity index is 0. The van der Waals surface area contributed by atoms with Crippen molar-refractivity contribution >= 4 is 12.9 Å². The summed E-state index contributed by atoms with van der Waals surface area (Å²) in [7, 11) is 0. The van der Waals surface area contributed by atoms with Crippen LogP contribution in [-0.2, 0) is 9.59 Å². The fourth-order valence-corrected chi connectivity index (χ4v) is 0. The quantitative estimate of drug-likeness (QED) is 0.391. The van der Waals surface area contributed by atoms with Crippen molar-refractivity contribution in [2.24, 2.45) is 0 Å². The molecule has 6 heavy (non-hydrogen) atoms. The summed E-state index contributed by atoms with van der Waals surface area (Å²) in [5.41, 5.74) is 0. The number of hydrogen-bond donors (Lipinski definition) is 2. The van der Waals surface area contributed by atoms with Gasteiger partial charge in [-0.25, -0.2) is 0 Å². The van der Waals surface area contributed by atoms with Gasteiger partial charge in [-0.15, -0.1) is 0 Å². The summed E-state index contributed by atoms with van der Waals surface area (Å²) in [6.07, 6.45) is 0. The van der Waals surface area contributed by atoms with E-state index in [9.17, 15) is 0 Å². The van der Waals surface area contributed by atoms with Crippen LogP contribution in [0.3, 0.4) is 0 Å². The van der Waals surface area contributed by atoms with Crippen LogP contribution in [0.15, 0.2) is 0 Å². The molecule has 0 atom stereocenters. The molecule has 0 amide bonds. The van der Waals surface area contributed by atoms with Gasteiger partial charge in [-0.3, -0.25) is 9.59 Å². The first-order chi connectivity index (χ1) is 2.83. The van der Waals surface area contributed by atoms with Crippen molar-refractivity contribution in [3.8, 4) is 0 Å². The van der Waals surface area contributed by atoms with E-state index >= 15 is 0 Å². The molecule has 0 rings (SSSR count). The fraction of sp³-hybridized carbons (Fsp3) is 0. The lowest BCUT2D eigenvalue weighted by Gasteiger charge is -1.34. The molecule has 0 fully saturated rings. The predicted molar refractivity (Wildman–Crippen MR) is 17.4 cm³/mol. The zero-order valence-corrected chi connectivity index (χ0v) is 2.87. The Morgan fingerprint density at radius 3 is 1.00 bits per heavy atom. The summed E-state index contributed by atoms with van der Waals surface area (Å²) in [5.74, 6) is 0. The van der Waals surface area contributed by atoms with Crippen LogP contribution in [0.25, 0.3) is 0 Å². The highest BCUT2D eigenvalue weighted by Gasteiger charge is 1.22. The Bertz CT molecular complexity index is 26.5. The molecule has 0 bridgehead atoms. The zero-order chi connectivity index (χ0) is 5.41. The van der Waals surface area contributed by atoms with E-state index in [1.165, 1.54) is 0 Å². The van der Waals surface area contributed by atoms with Gasteiger partial charge in [0.15, 0.2) is 0 Å². The summed E-state index contributed by atoms with van der Waals surface area (Å²) in [4.78, 5) is 16.7. The molecular formula is C2H4O4. The molecule has 0 unspecified atom stereocenters. The highest BCUT2D eigenvalue weighted by Crippen LogP contribution is 0.969. The van der Waals surface area contributed by atoms with Crippen molar-refractivity contribution in [1.29, 1.82) is 0 Å². The van der Waals surface area contributed by atoms with E-state index < -0.39 is 0 Å². The Morgan fingerprint density at radius 2 is 1.00 bits per heavy atom. The first-order valence-electron chi connectivity index (χ1n) is 0.988. The Labute approximate surface area is 34.0 Å². The average molecular weight is 92.0 g/mol. The van der Waals surface area contributed by atoms with Crippen molar-refractivity contribution < 1.29 is 19.8 Å². The van der Waals surface area contributed by atoms with Gasteiger partial charge in [-0.2, -0.15) is 0 Å². The van der Waals surface area contributed by atoms with E-state index in [2.05, 4.69) is 0 Å². The van der Waals surface area contributed by atoms with Gasteiger partial charge in [-0.05, 0) is 0 Å². The van der Waals surface area contributed by atoms with Gasteiger partial charge in [0.05, 0.1) is 0 Å². The SMILES string of the molecule is O=CO.O=CO. The van der Waals surface area contributed by atoms with Crippen LogP contribution >= 0.6 is 0 Å². The third kappa shape index (κ3) is 9.85. The smallest absolute Gasteiger partial charge is 0.290 e. The summed E-state index contributed by atoms with van der Waals surface area (Å²) in [6, 6.07) is 0. The van der Waals surface area contributed by atoms with Crippen LogP contribution < -0.4 is 0 Å². The summed E-state index contributed by atoms with van der Waals surface area (Å²) in [6.45, 7) is -0.500. The molecule has 36 valence electrons. The Kier molecular flexibility index (Phi) is 57.0. The number of rotatable bonds is 0. The topological polar surface area (TPSA) is 74.6 Å². The maximum absolute atomic E-state index is 8.36. The number of hydrogen-bond acceptors (Lipinski definition) is 2. The normalized spacial score (nSPS) is 4.00. The van der Waals surface area contributed by atoms with Gasteiger partial charge in [0, 0.05) is 0 Å². The second-order valence-corrected chi connectivity index (χ2v) is 0.211. The van der Waals surface area contributed by atoms with E-state index in [-0.39, 0.29) is 12.9 Å². The van der Waals surface area contributed by atoms with Gasteiger partial charge in [0.2, 0.25) is 0 Å². The molecular weight excluding hydrogens is 88.0 g/mol. The molecule has 0 heterocycles. The van der Waals surface area contributed by atoms with Gasteiger partial charge in [0.25, 0.3) is 12.9 Å².